The molecule has 5 nitrogen and oxygen atoms in total. The van der Waals surface area contributed by atoms with Crippen molar-refractivity contribution in [2.24, 2.45) is 5.92 Å². The Morgan fingerprint density at radius 1 is 1.23 bits per heavy atom. The van der Waals surface area contributed by atoms with Gasteiger partial charge >= 0.3 is 0 Å². The van der Waals surface area contributed by atoms with Crippen molar-refractivity contribution in [1.82, 2.24) is 4.98 Å². The highest BCUT2D eigenvalue weighted by molar-refractivity contribution is 5.85. The zero-order valence-electron chi connectivity index (χ0n) is 12.4. The molecule has 1 N–H and O–H groups in total. The predicted molar refractivity (Wildman–Crippen MR) is 84.3 cm³/mol. The molecule has 1 aliphatic heterocycles. The number of benzene rings is 1. The lowest BCUT2D eigenvalue weighted by Gasteiger charge is -2.31. The molecule has 1 aromatic heterocycles. The van der Waals surface area contributed by atoms with Gasteiger partial charge in [0.25, 0.3) is 0 Å². The summed E-state index contributed by atoms with van der Waals surface area (Å²) in [6.45, 7) is 0. The lowest BCUT2D eigenvalue weighted by Crippen LogP contribution is -2.31. The first-order chi connectivity index (χ1) is 10.6. The minimum Gasteiger partial charge on any atom is -0.442 e. The number of pyridine rings is 1. The van der Waals surface area contributed by atoms with Crippen LogP contribution in [0.15, 0.2) is 42.7 Å². The Balaban J connectivity index is 2.16. The molecule has 5 heteroatoms. The number of nitriles is 1. The summed E-state index contributed by atoms with van der Waals surface area (Å²) in [6, 6.07) is 11.9. The van der Waals surface area contributed by atoms with E-state index in [1.165, 1.54) is 0 Å². The Kier molecular flexibility index (Phi) is 3.51. The summed E-state index contributed by atoms with van der Waals surface area (Å²) in [7, 11) is 3.91. The molecule has 1 aromatic carbocycles. The summed E-state index contributed by atoms with van der Waals surface area (Å²) in [5.74, 6) is -0.196. The van der Waals surface area contributed by atoms with Gasteiger partial charge in [0.1, 0.15) is 11.7 Å². The summed E-state index contributed by atoms with van der Waals surface area (Å²) in [4.78, 5) is 6.01. The van der Waals surface area contributed by atoms with Crippen LogP contribution in [0.3, 0.4) is 0 Å². The SMILES string of the molecule is CN(C)c1ccc2c(c1)OC(=N)C(C#N)C2c1ccncc1. The molecule has 0 saturated heterocycles. The maximum absolute atomic E-state index is 9.47. The molecule has 0 amide bonds. The molecule has 2 atom stereocenters. The maximum Gasteiger partial charge on any atom is 0.205 e. The fourth-order valence-electron chi connectivity index (χ4n) is 2.74. The quantitative estimate of drug-likeness (QED) is 0.923. The van der Waals surface area contributed by atoms with Crippen LogP contribution in [-0.4, -0.2) is 25.0 Å². The molecule has 0 spiro atoms. The third-order valence-corrected chi connectivity index (χ3v) is 3.89. The largest absolute Gasteiger partial charge is 0.442 e. The predicted octanol–water partition coefficient (Wildman–Crippen LogP) is 2.79. The fraction of sp³-hybridized carbons (Fsp3) is 0.235. The monoisotopic (exact) mass is 292 g/mol. The standard InChI is InChI=1S/C17H16N4O/c1-21(2)12-3-4-13-15(9-12)22-17(19)14(10-18)16(13)11-5-7-20-8-6-11/h3-9,14,16,19H,1-2H3. The van der Waals surface area contributed by atoms with Crippen LogP contribution in [0.25, 0.3) is 0 Å². The molecule has 0 saturated carbocycles. The van der Waals surface area contributed by atoms with E-state index in [1.54, 1.807) is 12.4 Å². The lowest BCUT2D eigenvalue weighted by molar-refractivity contribution is 0.450. The molecule has 110 valence electrons. The van der Waals surface area contributed by atoms with Crippen LogP contribution in [-0.2, 0) is 0 Å². The van der Waals surface area contributed by atoms with Crippen molar-refractivity contribution in [3.05, 3.63) is 53.9 Å². The van der Waals surface area contributed by atoms with E-state index < -0.39 is 5.92 Å². The molecular weight excluding hydrogens is 276 g/mol. The molecule has 1 aliphatic rings. The number of nitrogens with zero attached hydrogens (tertiary/aromatic N) is 3. The molecule has 2 unspecified atom stereocenters. The summed E-state index contributed by atoms with van der Waals surface area (Å²) in [5.41, 5.74) is 2.89. The summed E-state index contributed by atoms with van der Waals surface area (Å²) < 4.78 is 5.60. The van der Waals surface area contributed by atoms with Gasteiger partial charge in [-0.05, 0) is 23.8 Å². The van der Waals surface area contributed by atoms with Crippen LogP contribution < -0.4 is 9.64 Å². The van der Waals surface area contributed by atoms with Crippen molar-refractivity contribution < 1.29 is 4.74 Å². The van der Waals surface area contributed by atoms with Crippen LogP contribution in [0.1, 0.15) is 17.0 Å². The van der Waals surface area contributed by atoms with E-state index >= 15 is 0 Å². The molecule has 2 heterocycles. The van der Waals surface area contributed by atoms with Gasteiger partial charge in [-0.25, -0.2) is 0 Å². The van der Waals surface area contributed by atoms with E-state index in [1.807, 2.05) is 49.3 Å². The fourth-order valence-corrected chi connectivity index (χ4v) is 2.74. The Morgan fingerprint density at radius 3 is 2.59 bits per heavy atom. The molecule has 0 fully saturated rings. The van der Waals surface area contributed by atoms with E-state index in [0.717, 1.165) is 16.8 Å². The van der Waals surface area contributed by atoms with Crippen molar-refractivity contribution in [2.45, 2.75) is 5.92 Å². The molecule has 0 bridgehead atoms. The minimum atomic E-state index is -0.625. The van der Waals surface area contributed by atoms with Crippen LogP contribution in [0.5, 0.6) is 5.75 Å². The second-order valence-corrected chi connectivity index (χ2v) is 5.45. The Morgan fingerprint density at radius 2 is 1.95 bits per heavy atom. The third-order valence-electron chi connectivity index (χ3n) is 3.89. The van der Waals surface area contributed by atoms with Gasteiger partial charge < -0.3 is 9.64 Å². The molecule has 22 heavy (non-hydrogen) atoms. The molecule has 2 aromatic rings. The Bertz CT molecular complexity index is 749. The number of anilines is 1. The zero-order chi connectivity index (χ0) is 15.7. The van der Waals surface area contributed by atoms with Gasteiger partial charge in [0.05, 0.1) is 6.07 Å². The minimum absolute atomic E-state index is 0.00674. The molecule has 0 aliphatic carbocycles. The van der Waals surface area contributed by atoms with Crippen LogP contribution in [0, 0.1) is 22.7 Å². The number of rotatable bonds is 2. The number of hydrogen-bond acceptors (Lipinski definition) is 5. The number of nitrogens with one attached hydrogen (secondary N) is 1. The van der Waals surface area contributed by atoms with Crippen molar-refractivity contribution in [1.29, 1.82) is 10.7 Å². The lowest BCUT2D eigenvalue weighted by atomic mass is 9.79. The average Bonchev–Trinajstić information content (AvgIpc) is 2.53. The molecule has 3 rings (SSSR count). The van der Waals surface area contributed by atoms with E-state index in [2.05, 4.69) is 11.1 Å². The van der Waals surface area contributed by atoms with Crippen molar-refractivity contribution in [2.75, 3.05) is 19.0 Å². The van der Waals surface area contributed by atoms with E-state index in [4.69, 9.17) is 10.1 Å². The zero-order valence-corrected chi connectivity index (χ0v) is 12.4. The van der Waals surface area contributed by atoms with Crippen molar-refractivity contribution >= 4 is 11.6 Å². The molecular formula is C17H16N4O. The Hall–Kier alpha value is -2.87. The number of hydrogen-bond donors (Lipinski definition) is 1. The number of ether oxygens (including phenoxy) is 1. The van der Waals surface area contributed by atoms with Gasteiger partial charge in [-0.3, -0.25) is 10.4 Å². The number of aromatic nitrogens is 1. The van der Waals surface area contributed by atoms with Crippen LogP contribution >= 0.6 is 0 Å². The summed E-state index contributed by atoms with van der Waals surface area (Å²) in [6.07, 6.45) is 3.41. The van der Waals surface area contributed by atoms with Gasteiger partial charge in [0.15, 0.2) is 0 Å². The third kappa shape index (κ3) is 2.29. The molecule has 0 radical (unpaired) electrons. The first-order valence-corrected chi connectivity index (χ1v) is 6.99. The second-order valence-electron chi connectivity index (χ2n) is 5.45. The highest BCUT2D eigenvalue weighted by atomic mass is 16.5. The van der Waals surface area contributed by atoms with E-state index in [0.29, 0.717) is 5.75 Å². The van der Waals surface area contributed by atoms with E-state index in [9.17, 15) is 5.26 Å². The summed E-state index contributed by atoms with van der Waals surface area (Å²) >= 11 is 0. The van der Waals surface area contributed by atoms with Crippen molar-refractivity contribution in [3.63, 3.8) is 0 Å². The van der Waals surface area contributed by atoms with Crippen LogP contribution in [0.2, 0.25) is 0 Å². The van der Waals surface area contributed by atoms with Crippen molar-refractivity contribution in [3.8, 4) is 11.8 Å². The second kappa shape index (κ2) is 5.49. The van der Waals surface area contributed by atoms with Gasteiger partial charge in [0, 0.05) is 49.7 Å². The van der Waals surface area contributed by atoms with Gasteiger partial charge in [0.2, 0.25) is 5.90 Å². The first kappa shape index (κ1) is 14.1. The summed E-state index contributed by atoms with van der Waals surface area (Å²) in [5, 5.41) is 17.5. The highest BCUT2D eigenvalue weighted by Crippen LogP contribution is 2.43. The maximum atomic E-state index is 9.47. The topological polar surface area (TPSA) is 73.0 Å². The number of fused-ring (bicyclic) bond motifs is 1. The van der Waals surface area contributed by atoms with Gasteiger partial charge in [-0.2, -0.15) is 5.26 Å². The normalized spacial score (nSPS) is 19.8. The highest BCUT2D eigenvalue weighted by Gasteiger charge is 2.36. The van der Waals surface area contributed by atoms with Gasteiger partial charge in [-0.15, -0.1) is 0 Å². The first-order valence-electron chi connectivity index (χ1n) is 6.99. The Labute approximate surface area is 129 Å². The van der Waals surface area contributed by atoms with Gasteiger partial charge in [-0.1, -0.05) is 6.07 Å². The average molecular weight is 292 g/mol. The smallest absolute Gasteiger partial charge is 0.205 e. The van der Waals surface area contributed by atoms with E-state index in [-0.39, 0.29) is 11.8 Å². The van der Waals surface area contributed by atoms with Crippen LogP contribution in [0.4, 0.5) is 5.69 Å².